The third-order valence-corrected chi connectivity index (χ3v) is 7.01. The van der Waals surface area contributed by atoms with Crippen molar-refractivity contribution < 1.29 is 23.8 Å². The lowest BCUT2D eigenvalue weighted by atomic mass is 9.96. The summed E-state index contributed by atoms with van der Waals surface area (Å²) >= 11 is 0. The Kier molecular flexibility index (Phi) is 9.74. The summed E-state index contributed by atoms with van der Waals surface area (Å²) in [4.78, 5) is 29.4. The van der Waals surface area contributed by atoms with E-state index in [4.69, 9.17) is 14.2 Å². The molecule has 0 aliphatic carbocycles. The van der Waals surface area contributed by atoms with Gasteiger partial charge in [-0.15, -0.1) is 0 Å². The molecular weight excluding hydrogens is 434 g/mol. The van der Waals surface area contributed by atoms with Crippen LogP contribution in [-0.4, -0.2) is 87.4 Å². The maximum atomic E-state index is 13.3. The molecule has 2 aliphatic heterocycles. The minimum absolute atomic E-state index is 0.0785. The van der Waals surface area contributed by atoms with E-state index < -0.39 is 0 Å². The zero-order valence-corrected chi connectivity index (χ0v) is 21.3. The summed E-state index contributed by atoms with van der Waals surface area (Å²) in [6, 6.07) is 5.40. The molecule has 2 heterocycles. The van der Waals surface area contributed by atoms with Crippen molar-refractivity contribution in [2.75, 3.05) is 58.9 Å². The van der Waals surface area contributed by atoms with E-state index in [1.807, 2.05) is 0 Å². The first-order valence-electron chi connectivity index (χ1n) is 12.5. The Labute approximate surface area is 203 Å². The average molecular weight is 476 g/mol. The van der Waals surface area contributed by atoms with Gasteiger partial charge in [0.05, 0.1) is 11.7 Å². The van der Waals surface area contributed by atoms with Crippen LogP contribution in [0.3, 0.4) is 0 Å². The number of fused-ring (bicyclic) bond motifs is 1. The van der Waals surface area contributed by atoms with Gasteiger partial charge in [0, 0.05) is 71.2 Å². The fourth-order valence-corrected chi connectivity index (χ4v) is 4.69. The van der Waals surface area contributed by atoms with Gasteiger partial charge < -0.3 is 24.4 Å². The highest BCUT2D eigenvalue weighted by Crippen LogP contribution is 2.27. The third-order valence-electron chi connectivity index (χ3n) is 7.01. The molecule has 190 valence electrons. The number of likely N-dealkylation sites (N-methyl/N-ethyl adjacent to an activating group) is 1. The summed E-state index contributed by atoms with van der Waals surface area (Å²) in [7, 11) is 3.52. The number of hydrogen-bond donors (Lipinski definition) is 1. The van der Waals surface area contributed by atoms with Crippen molar-refractivity contribution in [2.45, 2.75) is 52.2 Å². The van der Waals surface area contributed by atoms with Gasteiger partial charge in [0.15, 0.2) is 0 Å². The Morgan fingerprint density at radius 1 is 1.21 bits per heavy atom. The molecule has 0 unspecified atom stereocenters. The summed E-state index contributed by atoms with van der Waals surface area (Å²) in [6.45, 7) is 10.6. The quantitative estimate of drug-likeness (QED) is 0.704. The predicted octanol–water partition coefficient (Wildman–Crippen LogP) is 3.27. The van der Waals surface area contributed by atoms with Gasteiger partial charge in [0.2, 0.25) is 5.91 Å². The van der Waals surface area contributed by atoms with Crippen LogP contribution in [0, 0.1) is 11.8 Å². The van der Waals surface area contributed by atoms with E-state index in [-0.39, 0.29) is 29.9 Å². The number of hydrogen-bond acceptors (Lipinski definition) is 6. The molecule has 1 saturated heterocycles. The lowest BCUT2D eigenvalue weighted by molar-refractivity contribution is -0.115. The van der Waals surface area contributed by atoms with Crippen molar-refractivity contribution >= 4 is 17.5 Å². The smallest absolute Gasteiger partial charge is 0.257 e. The van der Waals surface area contributed by atoms with Crippen molar-refractivity contribution in [3.8, 4) is 5.75 Å². The molecule has 8 nitrogen and oxygen atoms in total. The molecule has 0 spiro atoms. The van der Waals surface area contributed by atoms with Crippen LogP contribution in [-0.2, 0) is 14.3 Å². The number of rotatable bonds is 5. The van der Waals surface area contributed by atoms with Crippen LogP contribution in [0.15, 0.2) is 18.2 Å². The summed E-state index contributed by atoms with van der Waals surface area (Å²) in [5, 5.41) is 2.86. The second-order valence-electron chi connectivity index (χ2n) is 9.72. The normalized spacial score (nSPS) is 25.6. The van der Waals surface area contributed by atoms with E-state index in [2.05, 4.69) is 24.1 Å². The van der Waals surface area contributed by atoms with Crippen LogP contribution in [0.4, 0.5) is 5.69 Å². The first-order valence-corrected chi connectivity index (χ1v) is 12.5. The van der Waals surface area contributed by atoms with Crippen molar-refractivity contribution in [1.82, 2.24) is 9.80 Å². The highest BCUT2D eigenvalue weighted by Gasteiger charge is 2.30. The Balaban J connectivity index is 1.89. The molecular formula is C26H41N3O5. The maximum absolute atomic E-state index is 13.3. The molecule has 3 rings (SSSR count). The third kappa shape index (κ3) is 6.93. The van der Waals surface area contributed by atoms with Gasteiger partial charge in [-0.2, -0.15) is 0 Å². The Bertz CT molecular complexity index is 827. The number of nitrogens with one attached hydrogen (secondary N) is 1. The number of anilines is 1. The van der Waals surface area contributed by atoms with Crippen LogP contribution in [0.25, 0.3) is 0 Å². The van der Waals surface area contributed by atoms with E-state index in [0.29, 0.717) is 42.5 Å². The van der Waals surface area contributed by atoms with E-state index in [9.17, 15) is 9.59 Å². The number of ether oxygens (including phenoxy) is 3. The zero-order valence-electron chi connectivity index (χ0n) is 21.3. The molecule has 3 atom stereocenters. The lowest BCUT2D eigenvalue weighted by Crippen LogP contribution is -2.48. The van der Waals surface area contributed by atoms with Crippen molar-refractivity contribution in [3.05, 3.63) is 23.8 Å². The number of benzene rings is 1. The van der Waals surface area contributed by atoms with E-state index in [1.165, 1.54) is 0 Å². The van der Waals surface area contributed by atoms with Crippen LogP contribution in [0.1, 0.15) is 50.4 Å². The van der Waals surface area contributed by atoms with E-state index in [0.717, 1.165) is 39.1 Å². The van der Waals surface area contributed by atoms with Crippen molar-refractivity contribution in [3.63, 3.8) is 0 Å². The van der Waals surface area contributed by atoms with Crippen molar-refractivity contribution in [2.24, 2.45) is 11.8 Å². The Hall–Kier alpha value is -2.16. The van der Waals surface area contributed by atoms with E-state index in [1.54, 1.807) is 44.2 Å². The standard InChI is InChI=1S/C26H41N3O5/c1-6-25(30)27-21-7-8-22-23(13-21)34-17-19(3)29(15-20-9-11-33-12-10-20)14-18(2)24(32-5)16-28(4)26(22)31/h7-8,13,18-20,24H,6,9-12,14-17H2,1-5H3,(H,27,30)/t18-,19+,24-/m1/s1. The summed E-state index contributed by atoms with van der Waals surface area (Å²) in [6.07, 6.45) is 2.46. The second kappa shape index (κ2) is 12.5. The van der Waals surface area contributed by atoms with Crippen LogP contribution < -0.4 is 10.1 Å². The highest BCUT2D eigenvalue weighted by atomic mass is 16.5. The molecule has 8 heteroatoms. The second-order valence-corrected chi connectivity index (χ2v) is 9.72. The Morgan fingerprint density at radius 2 is 1.94 bits per heavy atom. The monoisotopic (exact) mass is 475 g/mol. The van der Waals surface area contributed by atoms with Gasteiger partial charge in [0.1, 0.15) is 12.4 Å². The van der Waals surface area contributed by atoms with Crippen LogP contribution >= 0.6 is 0 Å². The first kappa shape index (κ1) is 26.4. The van der Waals surface area contributed by atoms with Crippen LogP contribution in [0.2, 0.25) is 0 Å². The molecule has 1 N–H and O–H groups in total. The fraction of sp³-hybridized carbons (Fsp3) is 0.692. The van der Waals surface area contributed by atoms with Gasteiger partial charge >= 0.3 is 0 Å². The average Bonchev–Trinajstić information content (AvgIpc) is 2.84. The molecule has 2 amide bonds. The van der Waals surface area contributed by atoms with Gasteiger partial charge in [-0.1, -0.05) is 13.8 Å². The van der Waals surface area contributed by atoms with Gasteiger partial charge in [-0.05, 0) is 43.7 Å². The minimum Gasteiger partial charge on any atom is -0.491 e. The Morgan fingerprint density at radius 3 is 2.62 bits per heavy atom. The van der Waals surface area contributed by atoms with Gasteiger partial charge in [-0.3, -0.25) is 14.5 Å². The van der Waals surface area contributed by atoms with Gasteiger partial charge in [-0.25, -0.2) is 0 Å². The molecule has 34 heavy (non-hydrogen) atoms. The number of carbonyl (C=O) groups excluding carboxylic acids is 2. The zero-order chi connectivity index (χ0) is 24.7. The minimum atomic E-state index is -0.120. The topological polar surface area (TPSA) is 80.3 Å². The maximum Gasteiger partial charge on any atom is 0.257 e. The molecule has 0 radical (unpaired) electrons. The molecule has 0 bridgehead atoms. The summed E-state index contributed by atoms with van der Waals surface area (Å²) < 4.78 is 17.7. The van der Waals surface area contributed by atoms with Crippen molar-refractivity contribution in [1.29, 1.82) is 0 Å². The molecule has 2 aliphatic rings. The number of carbonyl (C=O) groups is 2. The number of amides is 2. The van der Waals surface area contributed by atoms with E-state index >= 15 is 0 Å². The highest BCUT2D eigenvalue weighted by molar-refractivity contribution is 5.98. The van der Waals surface area contributed by atoms with Gasteiger partial charge in [0.25, 0.3) is 5.91 Å². The SMILES string of the molecule is CCC(=O)Nc1ccc2c(c1)OC[C@H](C)N(CC1CCOCC1)C[C@@H](C)[C@H](OC)CN(C)C2=O. The largest absolute Gasteiger partial charge is 0.491 e. The summed E-state index contributed by atoms with van der Waals surface area (Å²) in [5.41, 5.74) is 1.12. The molecule has 0 saturated carbocycles. The summed E-state index contributed by atoms with van der Waals surface area (Å²) in [5.74, 6) is 1.14. The first-order chi connectivity index (χ1) is 16.3. The molecule has 1 aromatic carbocycles. The fourth-order valence-electron chi connectivity index (χ4n) is 4.69. The number of methoxy groups -OCH3 is 1. The lowest BCUT2D eigenvalue weighted by Gasteiger charge is -2.38. The number of nitrogens with zero attached hydrogens (tertiary/aromatic N) is 2. The van der Waals surface area contributed by atoms with Crippen LogP contribution in [0.5, 0.6) is 5.75 Å². The molecule has 0 aromatic heterocycles. The molecule has 1 aromatic rings. The predicted molar refractivity (Wildman–Crippen MR) is 132 cm³/mol. The molecule has 1 fully saturated rings.